The topological polar surface area (TPSA) is 80.9 Å². The fraction of sp³-hybridized carbons (Fsp3) is 0.250. The largest absolute Gasteiger partial charge is 0.418 e. The Morgan fingerprint density at radius 3 is 0.500 bits per heavy atom. The first-order valence-electron chi connectivity index (χ1n) is 13.3. The molecule has 0 aromatic heterocycles. The van der Waals surface area contributed by atoms with E-state index in [1.807, 2.05) is 0 Å². The third kappa shape index (κ3) is 15.2. The lowest BCUT2D eigenvalue weighted by molar-refractivity contribution is -0.207. The van der Waals surface area contributed by atoms with E-state index in [2.05, 4.69) is 0 Å². The maximum absolute atomic E-state index is 11.9. The van der Waals surface area contributed by atoms with Gasteiger partial charge in [0.25, 0.3) is 0 Å². The first-order valence-corrected chi connectivity index (χ1v) is 13.3. The molecule has 0 bridgehead atoms. The van der Waals surface area contributed by atoms with Crippen molar-refractivity contribution in [2.75, 3.05) is 0 Å². The molecular formula is C32H28F12O4. The summed E-state index contributed by atoms with van der Waals surface area (Å²) in [4.78, 5) is 0. The van der Waals surface area contributed by atoms with Gasteiger partial charge in [-0.2, -0.15) is 52.7 Å². The lowest BCUT2D eigenvalue weighted by Crippen LogP contribution is -2.19. The molecule has 0 radical (unpaired) electrons. The van der Waals surface area contributed by atoms with Crippen LogP contribution in [-0.2, 0) is 0 Å². The van der Waals surface area contributed by atoms with Gasteiger partial charge in [-0.3, -0.25) is 0 Å². The Kier molecular flexibility index (Phi) is 16.1. The highest BCUT2D eigenvalue weighted by Gasteiger charge is 2.41. The minimum atomic E-state index is -4.58. The summed E-state index contributed by atoms with van der Waals surface area (Å²) in [7, 11) is 0. The minimum Gasteiger partial charge on any atom is -0.379 e. The van der Waals surface area contributed by atoms with Gasteiger partial charge in [-0.1, -0.05) is 121 Å². The Bertz CT molecular complexity index is 1190. The van der Waals surface area contributed by atoms with Gasteiger partial charge in [-0.25, -0.2) is 0 Å². The van der Waals surface area contributed by atoms with Crippen molar-refractivity contribution in [1.29, 1.82) is 0 Å². The van der Waals surface area contributed by atoms with Gasteiger partial charge in [-0.05, 0) is 22.3 Å². The molecule has 48 heavy (non-hydrogen) atoms. The molecule has 4 atom stereocenters. The van der Waals surface area contributed by atoms with Gasteiger partial charge in [0, 0.05) is 0 Å². The molecule has 0 amide bonds. The first kappa shape index (κ1) is 41.9. The van der Waals surface area contributed by atoms with Gasteiger partial charge in [0.2, 0.25) is 0 Å². The Morgan fingerprint density at radius 2 is 0.396 bits per heavy atom. The van der Waals surface area contributed by atoms with Crippen LogP contribution in [-0.4, -0.2) is 45.1 Å². The van der Waals surface area contributed by atoms with Crippen molar-refractivity contribution in [3.8, 4) is 0 Å². The van der Waals surface area contributed by atoms with E-state index in [1.165, 1.54) is 97.1 Å². The summed E-state index contributed by atoms with van der Waals surface area (Å²) in [6, 6.07) is 27.8. The molecule has 0 heterocycles. The van der Waals surface area contributed by atoms with Crippen LogP contribution in [0.15, 0.2) is 121 Å². The fourth-order valence-electron chi connectivity index (χ4n) is 3.30. The van der Waals surface area contributed by atoms with E-state index < -0.39 is 49.1 Å². The van der Waals surface area contributed by atoms with Gasteiger partial charge >= 0.3 is 24.7 Å². The van der Waals surface area contributed by atoms with Crippen LogP contribution in [0.2, 0.25) is 0 Å². The maximum atomic E-state index is 11.9. The highest BCUT2D eigenvalue weighted by atomic mass is 19.4. The van der Waals surface area contributed by atoms with Crippen LogP contribution >= 0.6 is 0 Å². The summed E-state index contributed by atoms with van der Waals surface area (Å²) in [6.07, 6.45) is -27.8. The van der Waals surface area contributed by atoms with Crippen LogP contribution in [0.1, 0.15) is 46.7 Å². The van der Waals surface area contributed by atoms with E-state index >= 15 is 0 Å². The van der Waals surface area contributed by atoms with Crippen molar-refractivity contribution in [3.63, 3.8) is 0 Å². The van der Waals surface area contributed by atoms with Crippen molar-refractivity contribution >= 4 is 0 Å². The molecule has 0 unspecified atom stereocenters. The van der Waals surface area contributed by atoms with Crippen LogP contribution in [0, 0.1) is 0 Å². The van der Waals surface area contributed by atoms with Gasteiger partial charge < -0.3 is 20.4 Å². The van der Waals surface area contributed by atoms with Crippen LogP contribution in [0.4, 0.5) is 52.7 Å². The SMILES string of the molecule is O[C@@H](c1ccccc1)C(F)(F)F.O[C@@H](c1ccccc1)C(F)(F)F.O[C@@H](c1ccccc1)C(F)(F)F.O[C@@H](c1ccccc1)C(F)(F)F. The number of alkyl halides is 12. The standard InChI is InChI=1S/4C8H7F3O/c4*9-8(10,11)7(12)6-4-2-1-3-5-6/h4*1-5,7,12H/t4*7-/m0000/s1. The molecule has 4 aromatic rings. The fourth-order valence-corrected chi connectivity index (χ4v) is 3.30. The summed E-state index contributed by atoms with van der Waals surface area (Å²) < 4.78 is 143. The van der Waals surface area contributed by atoms with Crippen LogP contribution in [0.5, 0.6) is 0 Å². The summed E-state index contributed by atoms with van der Waals surface area (Å²) in [5, 5.41) is 34.9. The smallest absolute Gasteiger partial charge is 0.379 e. The summed E-state index contributed by atoms with van der Waals surface area (Å²) in [5.41, 5.74) is -0.537. The van der Waals surface area contributed by atoms with Gasteiger partial charge in [0.1, 0.15) is 0 Å². The second-order valence-electron chi connectivity index (χ2n) is 9.42. The molecule has 0 aliphatic heterocycles. The zero-order chi connectivity index (χ0) is 36.8. The molecule has 16 heteroatoms. The number of hydrogen-bond acceptors (Lipinski definition) is 4. The number of aliphatic hydroxyl groups is 4. The first-order chi connectivity index (χ1) is 22.1. The average molecular weight is 705 g/mol. The third-order valence-corrected chi connectivity index (χ3v) is 5.70. The monoisotopic (exact) mass is 704 g/mol. The molecular weight excluding hydrogens is 676 g/mol. The normalized spacial score (nSPS) is 14.3. The minimum absolute atomic E-state index is 0.134. The second kappa shape index (κ2) is 18.4. The molecule has 0 fully saturated rings. The van der Waals surface area contributed by atoms with Crippen molar-refractivity contribution in [2.24, 2.45) is 0 Å². The molecule has 0 aliphatic carbocycles. The lowest BCUT2D eigenvalue weighted by Gasteiger charge is -2.13. The summed E-state index contributed by atoms with van der Waals surface area (Å²) in [5.74, 6) is 0. The van der Waals surface area contributed by atoms with Crippen molar-refractivity contribution in [2.45, 2.75) is 49.1 Å². The van der Waals surface area contributed by atoms with E-state index in [4.69, 9.17) is 20.4 Å². The molecule has 264 valence electrons. The number of rotatable bonds is 4. The molecule has 0 saturated heterocycles. The van der Waals surface area contributed by atoms with E-state index in [0.717, 1.165) is 0 Å². The van der Waals surface area contributed by atoms with E-state index in [9.17, 15) is 52.7 Å². The van der Waals surface area contributed by atoms with Gasteiger partial charge in [-0.15, -0.1) is 0 Å². The molecule has 0 aliphatic rings. The third-order valence-electron chi connectivity index (χ3n) is 5.70. The molecule has 0 spiro atoms. The Balaban J connectivity index is 0.000000320. The highest BCUT2D eigenvalue weighted by Crippen LogP contribution is 2.34. The molecule has 4 N–H and O–H groups in total. The van der Waals surface area contributed by atoms with E-state index in [0.29, 0.717) is 0 Å². The van der Waals surface area contributed by atoms with E-state index in [1.54, 1.807) is 24.3 Å². The number of halogens is 12. The molecule has 0 saturated carbocycles. The van der Waals surface area contributed by atoms with Crippen LogP contribution < -0.4 is 0 Å². The number of hydrogen-bond donors (Lipinski definition) is 4. The van der Waals surface area contributed by atoms with Crippen molar-refractivity contribution in [3.05, 3.63) is 144 Å². The second-order valence-corrected chi connectivity index (χ2v) is 9.42. The predicted octanol–water partition coefficient (Wildman–Crippen LogP) is 9.13. The maximum Gasteiger partial charge on any atom is 0.418 e. The van der Waals surface area contributed by atoms with Crippen LogP contribution in [0.25, 0.3) is 0 Å². The summed E-state index contributed by atoms with van der Waals surface area (Å²) >= 11 is 0. The zero-order valence-corrected chi connectivity index (χ0v) is 24.2. The number of aliphatic hydroxyl groups excluding tert-OH is 4. The lowest BCUT2D eigenvalue weighted by atomic mass is 10.1. The Hall–Kier alpha value is -4.12. The van der Waals surface area contributed by atoms with Crippen LogP contribution in [0.3, 0.4) is 0 Å². The van der Waals surface area contributed by atoms with E-state index in [-0.39, 0.29) is 22.3 Å². The number of benzene rings is 4. The Morgan fingerprint density at radius 1 is 0.271 bits per heavy atom. The highest BCUT2D eigenvalue weighted by molar-refractivity contribution is 5.20. The molecule has 4 aromatic carbocycles. The average Bonchev–Trinajstić information content (AvgIpc) is 3.04. The van der Waals surface area contributed by atoms with Crippen molar-refractivity contribution < 1.29 is 73.1 Å². The predicted molar refractivity (Wildman–Crippen MR) is 150 cm³/mol. The Labute approximate surface area is 266 Å². The van der Waals surface area contributed by atoms with Crippen molar-refractivity contribution in [1.82, 2.24) is 0 Å². The van der Waals surface area contributed by atoms with Gasteiger partial charge in [0.15, 0.2) is 24.4 Å². The molecule has 4 rings (SSSR count). The quantitative estimate of drug-likeness (QED) is 0.160. The molecule has 4 nitrogen and oxygen atoms in total. The van der Waals surface area contributed by atoms with Gasteiger partial charge in [0.05, 0.1) is 0 Å². The summed E-state index contributed by atoms with van der Waals surface area (Å²) in [6.45, 7) is 0. The zero-order valence-electron chi connectivity index (χ0n) is 24.2.